The molecule has 0 spiro atoms. The Bertz CT molecular complexity index is 1550. The number of hydrogen-bond acceptors (Lipinski definition) is 9. The number of nitrogens with one attached hydrogen (secondary N) is 3. The van der Waals surface area contributed by atoms with Crippen molar-refractivity contribution < 1.29 is 18.4 Å². The van der Waals surface area contributed by atoms with Crippen LogP contribution < -0.4 is 20.7 Å². The molecule has 1 aliphatic carbocycles. The quantitative estimate of drug-likeness (QED) is 0.365. The normalized spacial score (nSPS) is 14.5. The minimum Gasteiger partial charge on any atom is -0.494 e. The molecule has 12 nitrogen and oxygen atoms in total. The summed E-state index contributed by atoms with van der Waals surface area (Å²) in [5, 5.41) is 15.5. The van der Waals surface area contributed by atoms with Gasteiger partial charge in [-0.3, -0.25) is 9.59 Å². The molecule has 4 aromatic rings. The van der Waals surface area contributed by atoms with E-state index < -0.39 is 12.9 Å². The Morgan fingerprint density at radius 2 is 2.06 bits per heavy atom. The van der Waals surface area contributed by atoms with E-state index >= 15 is 0 Å². The molecule has 1 aromatic carbocycles. The number of hydrogen-bond donors (Lipinski definition) is 3. The number of amides is 2. The van der Waals surface area contributed by atoms with E-state index in [-0.39, 0.29) is 29.0 Å². The molecule has 0 unspecified atom stereocenters. The molecule has 178 valence electrons. The van der Waals surface area contributed by atoms with Crippen molar-refractivity contribution in [3.8, 4) is 17.1 Å². The van der Waals surface area contributed by atoms with E-state index in [1.807, 2.05) is 12.4 Å². The highest BCUT2D eigenvalue weighted by Gasteiger charge is 2.30. The fraction of sp³-hybridized carbons (Fsp3) is 0.261. The summed E-state index contributed by atoms with van der Waals surface area (Å²) in [5.41, 5.74) is 2.05. The first kappa shape index (κ1) is 18.8. The number of methoxy groups -OCH3 is 1. The van der Waals surface area contributed by atoms with E-state index in [1.165, 1.54) is 13.2 Å². The number of aryl methyl sites for hydroxylation is 1. The number of aromatic nitrogens is 6. The van der Waals surface area contributed by atoms with Crippen LogP contribution in [0.4, 0.5) is 17.2 Å². The lowest BCUT2D eigenvalue weighted by Gasteiger charge is -2.16. The predicted octanol–water partition coefficient (Wildman–Crippen LogP) is 2.28. The monoisotopic (exact) mass is 476 g/mol. The van der Waals surface area contributed by atoms with E-state index in [9.17, 15) is 9.59 Å². The summed E-state index contributed by atoms with van der Waals surface area (Å²) >= 11 is 0. The van der Waals surface area contributed by atoms with Crippen LogP contribution in [0.2, 0.25) is 0 Å². The molecule has 0 bridgehead atoms. The van der Waals surface area contributed by atoms with Crippen LogP contribution in [-0.4, -0.2) is 55.6 Å². The van der Waals surface area contributed by atoms with Gasteiger partial charge in [0, 0.05) is 30.1 Å². The fourth-order valence-electron chi connectivity index (χ4n) is 3.58. The number of nitrogens with zero attached hydrogens (tertiary/aromatic N) is 6. The van der Waals surface area contributed by atoms with Crippen molar-refractivity contribution in [3.63, 3.8) is 0 Å². The van der Waals surface area contributed by atoms with Gasteiger partial charge in [-0.1, -0.05) is 6.07 Å². The molecule has 0 saturated heterocycles. The van der Waals surface area contributed by atoms with E-state index in [1.54, 1.807) is 35.3 Å². The molecule has 12 heteroatoms. The maximum Gasteiger partial charge on any atom is 0.273 e. The Kier molecular flexibility index (Phi) is 4.81. The Labute approximate surface area is 204 Å². The maximum atomic E-state index is 12.7. The topological polar surface area (TPSA) is 149 Å². The van der Waals surface area contributed by atoms with Gasteiger partial charge in [0.05, 0.1) is 36.6 Å². The lowest BCUT2D eigenvalue weighted by atomic mass is 10.1. The second-order valence-corrected chi connectivity index (χ2v) is 7.98. The van der Waals surface area contributed by atoms with E-state index in [0.29, 0.717) is 34.0 Å². The molecule has 3 aromatic heterocycles. The Morgan fingerprint density at radius 1 is 1.20 bits per heavy atom. The molecule has 1 saturated carbocycles. The molecule has 0 aliphatic heterocycles. The van der Waals surface area contributed by atoms with Crippen molar-refractivity contribution in [1.29, 1.82) is 0 Å². The average molecular weight is 477 g/mol. The predicted molar refractivity (Wildman–Crippen MR) is 128 cm³/mol. The Hall–Kier alpha value is -4.61. The number of carbonyl (C=O) groups is 2. The minimum absolute atomic E-state index is 0.0831. The van der Waals surface area contributed by atoms with Gasteiger partial charge in [-0.15, -0.1) is 10.2 Å². The number of rotatable bonds is 7. The van der Waals surface area contributed by atoms with Gasteiger partial charge < -0.3 is 25.3 Å². The van der Waals surface area contributed by atoms with Gasteiger partial charge in [0.2, 0.25) is 5.91 Å². The number of anilines is 3. The summed E-state index contributed by atoms with van der Waals surface area (Å²) in [4.78, 5) is 38.2. The van der Waals surface area contributed by atoms with Crippen LogP contribution in [0, 0.1) is 5.92 Å². The first-order valence-electron chi connectivity index (χ1n) is 12.2. The lowest BCUT2D eigenvalue weighted by Crippen LogP contribution is -2.22. The zero-order valence-electron chi connectivity index (χ0n) is 21.9. The summed E-state index contributed by atoms with van der Waals surface area (Å²) in [5.74, 6) is -0.411. The highest BCUT2D eigenvalue weighted by atomic mass is 16.5. The van der Waals surface area contributed by atoms with Gasteiger partial charge in [-0.05, 0) is 25.0 Å². The molecule has 3 heterocycles. The molecule has 35 heavy (non-hydrogen) atoms. The van der Waals surface area contributed by atoms with Gasteiger partial charge in [0.15, 0.2) is 28.7 Å². The minimum atomic E-state index is -2.74. The number of carbonyl (C=O) groups excluding carboxylic acids is 2. The summed E-state index contributed by atoms with van der Waals surface area (Å²) in [6.07, 6.45) is 4.83. The zero-order chi connectivity index (χ0) is 27.0. The lowest BCUT2D eigenvalue weighted by molar-refractivity contribution is -0.117. The SMILES string of the molecule is [2H]C([2H])([2H])NC(=O)c1nnc(NC(=O)C2CC2)cc1Nc1cccc(-c2ncc3ncn(C)c3n2)c1OC. The molecule has 0 radical (unpaired) electrons. The molecule has 5 rings (SSSR count). The highest BCUT2D eigenvalue weighted by molar-refractivity contribution is 6.00. The largest absolute Gasteiger partial charge is 0.494 e. The number of para-hydroxylation sites is 1. The molecular weight excluding hydrogens is 450 g/mol. The van der Waals surface area contributed by atoms with Crippen molar-refractivity contribution in [2.45, 2.75) is 12.8 Å². The standard InChI is InChI=1S/C23H23N9O3/c1-24-23(34)18-15(9-17(30-31-18)28-22(33)12-7-8-12)27-14-6-4-5-13(19(14)35-3)20-25-10-16-21(29-20)32(2)11-26-16/h4-6,9-12H,7-8H2,1-3H3,(H,24,34)(H2,27,28,30,33)/i1D3. The Balaban J connectivity index is 1.54. The van der Waals surface area contributed by atoms with Crippen LogP contribution in [0.1, 0.15) is 27.4 Å². The van der Waals surface area contributed by atoms with Crippen molar-refractivity contribution in [2.75, 3.05) is 24.7 Å². The number of ether oxygens (including phenoxy) is 1. The molecule has 1 fully saturated rings. The third-order valence-electron chi connectivity index (χ3n) is 5.51. The van der Waals surface area contributed by atoms with Gasteiger partial charge in [-0.2, -0.15) is 0 Å². The number of benzene rings is 1. The smallest absolute Gasteiger partial charge is 0.273 e. The maximum absolute atomic E-state index is 12.7. The second-order valence-electron chi connectivity index (χ2n) is 7.98. The van der Waals surface area contributed by atoms with Gasteiger partial charge in [-0.25, -0.2) is 15.0 Å². The first-order valence-corrected chi connectivity index (χ1v) is 10.7. The average Bonchev–Trinajstić information content (AvgIpc) is 3.66. The van der Waals surface area contributed by atoms with Crippen LogP contribution in [0.5, 0.6) is 5.75 Å². The van der Waals surface area contributed by atoms with Crippen LogP contribution in [-0.2, 0) is 11.8 Å². The third kappa shape index (κ3) is 4.33. The summed E-state index contributed by atoms with van der Waals surface area (Å²) in [6, 6.07) is 6.62. The van der Waals surface area contributed by atoms with Crippen molar-refractivity contribution in [1.82, 2.24) is 35.0 Å². The van der Waals surface area contributed by atoms with E-state index in [0.717, 1.165) is 12.8 Å². The molecule has 2 amide bonds. The number of imidazole rings is 1. The van der Waals surface area contributed by atoms with E-state index in [2.05, 4.69) is 35.8 Å². The van der Waals surface area contributed by atoms with Gasteiger partial charge >= 0.3 is 0 Å². The first-order chi connectivity index (χ1) is 18.1. The van der Waals surface area contributed by atoms with Gasteiger partial charge in [0.25, 0.3) is 5.91 Å². The van der Waals surface area contributed by atoms with Crippen LogP contribution in [0.25, 0.3) is 22.6 Å². The fourth-order valence-corrected chi connectivity index (χ4v) is 3.58. The Morgan fingerprint density at radius 3 is 2.83 bits per heavy atom. The molecule has 0 atom stereocenters. The summed E-state index contributed by atoms with van der Waals surface area (Å²) in [6.45, 7) is -2.74. The summed E-state index contributed by atoms with van der Waals surface area (Å²) in [7, 11) is 3.30. The van der Waals surface area contributed by atoms with Crippen LogP contribution in [0.15, 0.2) is 36.8 Å². The van der Waals surface area contributed by atoms with Crippen molar-refractivity contribution >= 4 is 40.2 Å². The third-order valence-corrected chi connectivity index (χ3v) is 5.51. The zero-order valence-corrected chi connectivity index (χ0v) is 18.9. The highest BCUT2D eigenvalue weighted by Crippen LogP contribution is 2.37. The molecule has 3 N–H and O–H groups in total. The molecule has 1 aliphatic rings. The van der Waals surface area contributed by atoms with Crippen LogP contribution >= 0.6 is 0 Å². The van der Waals surface area contributed by atoms with Crippen molar-refractivity contribution in [3.05, 3.63) is 42.5 Å². The second kappa shape index (κ2) is 8.97. The molecular formula is C23H23N9O3. The number of fused-ring (bicyclic) bond motifs is 1. The summed E-state index contributed by atoms with van der Waals surface area (Å²) < 4.78 is 29.6. The van der Waals surface area contributed by atoms with Crippen molar-refractivity contribution in [2.24, 2.45) is 13.0 Å². The van der Waals surface area contributed by atoms with E-state index in [4.69, 9.17) is 8.85 Å². The van der Waals surface area contributed by atoms with Crippen LogP contribution in [0.3, 0.4) is 0 Å². The van der Waals surface area contributed by atoms with Gasteiger partial charge in [0.1, 0.15) is 5.52 Å².